The van der Waals surface area contributed by atoms with Gasteiger partial charge >= 0.3 is 0 Å². The van der Waals surface area contributed by atoms with Gasteiger partial charge in [0.05, 0.1) is 5.69 Å². The maximum absolute atomic E-state index is 11.9. The topological polar surface area (TPSA) is 69.0 Å². The first-order chi connectivity index (χ1) is 8.00. The second-order valence-electron chi connectivity index (χ2n) is 3.52. The van der Waals surface area contributed by atoms with Crippen LogP contribution in [0.15, 0.2) is 52.3 Å². The second kappa shape index (κ2) is 4.14. The zero-order chi connectivity index (χ0) is 12.5. The molecule has 0 bridgehead atoms. The van der Waals surface area contributed by atoms with Gasteiger partial charge in [-0.3, -0.25) is 4.79 Å². The quantitative estimate of drug-likeness (QED) is 0.784. The SMILES string of the molecule is CS(=O)(=O)c1ccnn(-c2ccccc2)c1=O. The number of hydrogen-bond donors (Lipinski definition) is 0. The van der Waals surface area contributed by atoms with Crippen molar-refractivity contribution in [2.24, 2.45) is 0 Å². The van der Waals surface area contributed by atoms with Crippen LogP contribution in [0.5, 0.6) is 0 Å². The van der Waals surface area contributed by atoms with Crippen molar-refractivity contribution >= 4 is 9.84 Å². The third kappa shape index (κ3) is 2.26. The number of nitrogens with zero attached hydrogens (tertiary/aromatic N) is 2. The summed E-state index contributed by atoms with van der Waals surface area (Å²) in [4.78, 5) is 11.7. The molecule has 0 aliphatic rings. The van der Waals surface area contributed by atoms with Crippen molar-refractivity contribution in [2.75, 3.05) is 6.26 Å². The van der Waals surface area contributed by atoms with E-state index in [4.69, 9.17) is 0 Å². The summed E-state index contributed by atoms with van der Waals surface area (Å²) in [5.41, 5.74) is -0.107. The van der Waals surface area contributed by atoms with Crippen LogP contribution in [0.1, 0.15) is 0 Å². The Labute approximate surface area is 98.3 Å². The summed E-state index contributed by atoms with van der Waals surface area (Å²) in [7, 11) is -3.54. The third-order valence-corrected chi connectivity index (χ3v) is 3.32. The molecule has 5 nitrogen and oxygen atoms in total. The summed E-state index contributed by atoms with van der Waals surface area (Å²) in [6.45, 7) is 0. The van der Waals surface area contributed by atoms with Gasteiger partial charge in [0.2, 0.25) is 0 Å². The Bertz CT molecular complexity index is 690. The molecule has 0 atom stereocenters. The molecular formula is C11H10N2O3S. The Kier molecular flexibility index (Phi) is 2.81. The molecule has 0 unspecified atom stereocenters. The van der Waals surface area contributed by atoms with Crippen LogP contribution < -0.4 is 5.56 Å². The van der Waals surface area contributed by atoms with Crippen molar-refractivity contribution in [2.45, 2.75) is 4.90 Å². The molecular weight excluding hydrogens is 240 g/mol. The Balaban J connectivity index is 2.72. The van der Waals surface area contributed by atoms with E-state index in [1.54, 1.807) is 30.3 Å². The number of hydrogen-bond acceptors (Lipinski definition) is 4. The lowest BCUT2D eigenvalue weighted by molar-refractivity contribution is 0.598. The first-order valence-electron chi connectivity index (χ1n) is 4.84. The van der Waals surface area contributed by atoms with Gasteiger partial charge in [0, 0.05) is 12.5 Å². The van der Waals surface area contributed by atoms with Gasteiger partial charge in [-0.2, -0.15) is 9.78 Å². The van der Waals surface area contributed by atoms with E-state index < -0.39 is 15.4 Å². The molecule has 1 aromatic heterocycles. The van der Waals surface area contributed by atoms with Gasteiger partial charge in [0.1, 0.15) is 4.90 Å². The van der Waals surface area contributed by atoms with Crippen LogP contribution in [0.3, 0.4) is 0 Å². The summed E-state index contributed by atoms with van der Waals surface area (Å²) in [6.07, 6.45) is 2.30. The van der Waals surface area contributed by atoms with E-state index in [-0.39, 0.29) is 4.90 Å². The molecule has 17 heavy (non-hydrogen) atoms. The summed E-state index contributed by atoms with van der Waals surface area (Å²) in [5, 5.41) is 3.86. The van der Waals surface area contributed by atoms with Gasteiger partial charge in [-0.25, -0.2) is 8.42 Å². The smallest absolute Gasteiger partial charge is 0.266 e. The zero-order valence-corrected chi connectivity index (χ0v) is 9.89. The summed E-state index contributed by atoms with van der Waals surface area (Å²) < 4.78 is 23.9. The van der Waals surface area contributed by atoms with Crippen LogP contribution in [0, 0.1) is 0 Å². The molecule has 2 aromatic rings. The molecule has 0 amide bonds. The lowest BCUT2D eigenvalue weighted by Crippen LogP contribution is -2.26. The van der Waals surface area contributed by atoms with Crippen LogP contribution in [-0.2, 0) is 9.84 Å². The van der Waals surface area contributed by atoms with Crippen molar-refractivity contribution < 1.29 is 8.42 Å². The number of aromatic nitrogens is 2. The average Bonchev–Trinajstić information content (AvgIpc) is 2.29. The van der Waals surface area contributed by atoms with Gasteiger partial charge in [-0.1, -0.05) is 18.2 Å². The Morgan fingerprint density at radius 1 is 1.12 bits per heavy atom. The number of sulfone groups is 1. The fourth-order valence-corrected chi connectivity index (χ4v) is 2.14. The number of rotatable bonds is 2. The van der Waals surface area contributed by atoms with Crippen molar-refractivity contribution in [1.82, 2.24) is 9.78 Å². The Morgan fingerprint density at radius 2 is 1.76 bits per heavy atom. The minimum Gasteiger partial charge on any atom is -0.266 e. The molecule has 1 heterocycles. The molecule has 0 saturated carbocycles. The molecule has 0 aliphatic carbocycles. The lowest BCUT2D eigenvalue weighted by atomic mass is 10.3. The fourth-order valence-electron chi connectivity index (χ4n) is 1.43. The Morgan fingerprint density at radius 3 is 2.35 bits per heavy atom. The first-order valence-corrected chi connectivity index (χ1v) is 6.73. The van der Waals surface area contributed by atoms with Gasteiger partial charge in [-0.05, 0) is 18.2 Å². The van der Waals surface area contributed by atoms with Crippen molar-refractivity contribution in [3.8, 4) is 5.69 Å². The van der Waals surface area contributed by atoms with E-state index in [1.807, 2.05) is 0 Å². The van der Waals surface area contributed by atoms with E-state index in [9.17, 15) is 13.2 Å². The number of para-hydroxylation sites is 1. The van der Waals surface area contributed by atoms with Crippen LogP contribution in [0.25, 0.3) is 5.69 Å². The fraction of sp³-hybridized carbons (Fsp3) is 0.0909. The standard InChI is InChI=1S/C11H10N2O3S/c1-17(15,16)10-7-8-12-13(11(10)14)9-5-3-2-4-6-9/h2-8H,1H3. The second-order valence-corrected chi connectivity index (χ2v) is 5.50. The van der Waals surface area contributed by atoms with E-state index in [2.05, 4.69) is 5.10 Å². The molecule has 0 fully saturated rings. The van der Waals surface area contributed by atoms with E-state index in [1.165, 1.54) is 12.3 Å². The molecule has 2 rings (SSSR count). The highest BCUT2D eigenvalue weighted by molar-refractivity contribution is 7.90. The minimum absolute atomic E-state index is 0.253. The minimum atomic E-state index is -3.54. The third-order valence-electron chi connectivity index (χ3n) is 2.21. The van der Waals surface area contributed by atoms with Crippen LogP contribution in [0.2, 0.25) is 0 Å². The van der Waals surface area contributed by atoms with Crippen molar-refractivity contribution in [3.63, 3.8) is 0 Å². The van der Waals surface area contributed by atoms with Gasteiger partial charge in [-0.15, -0.1) is 0 Å². The maximum Gasteiger partial charge on any atom is 0.290 e. The molecule has 0 radical (unpaired) electrons. The first kappa shape index (κ1) is 11.5. The van der Waals surface area contributed by atoms with Crippen LogP contribution in [0.4, 0.5) is 0 Å². The summed E-state index contributed by atoms with van der Waals surface area (Å²) in [5.74, 6) is 0. The largest absolute Gasteiger partial charge is 0.290 e. The Hall–Kier alpha value is -1.95. The molecule has 88 valence electrons. The molecule has 0 aliphatic heterocycles. The normalized spacial score (nSPS) is 11.4. The van der Waals surface area contributed by atoms with E-state index >= 15 is 0 Å². The highest BCUT2D eigenvalue weighted by Gasteiger charge is 2.14. The maximum atomic E-state index is 11.9. The monoisotopic (exact) mass is 250 g/mol. The lowest BCUT2D eigenvalue weighted by Gasteiger charge is -2.05. The van der Waals surface area contributed by atoms with Crippen molar-refractivity contribution in [3.05, 3.63) is 52.9 Å². The molecule has 6 heteroatoms. The predicted molar refractivity (Wildman–Crippen MR) is 62.9 cm³/mol. The highest BCUT2D eigenvalue weighted by atomic mass is 32.2. The predicted octanol–water partition coefficient (Wildman–Crippen LogP) is 0.636. The summed E-state index contributed by atoms with van der Waals surface area (Å²) in [6, 6.07) is 9.86. The van der Waals surface area contributed by atoms with Crippen molar-refractivity contribution in [1.29, 1.82) is 0 Å². The highest BCUT2D eigenvalue weighted by Crippen LogP contribution is 2.05. The average molecular weight is 250 g/mol. The van der Waals surface area contributed by atoms with Gasteiger partial charge in [0.15, 0.2) is 9.84 Å². The molecule has 1 aromatic carbocycles. The molecule has 0 spiro atoms. The van der Waals surface area contributed by atoms with Gasteiger partial charge in [0.25, 0.3) is 5.56 Å². The summed E-state index contributed by atoms with van der Waals surface area (Å²) >= 11 is 0. The zero-order valence-electron chi connectivity index (χ0n) is 9.07. The molecule has 0 saturated heterocycles. The number of benzene rings is 1. The van der Waals surface area contributed by atoms with E-state index in [0.717, 1.165) is 10.9 Å². The van der Waals surface area contributed by atoms with Crippen LogP contribution >= 0.6 is 0 Å². The van der Waals surface area contributed by atoms with E-state index in [0.29, 0.717) is 5.69 Å². The van der Waals surface area contributed by atoms with Crippen LogP contribution in [-0.4, -0.2) is 24.5 Å². The van der Waals surface area contributed by atoms with Gasteiger partial charge < -0.3 is 0 Å². The molecule has 0 N–H and O–H groups in total.